The quantitative estimate of drug-likeness (QED) is 0.769. The van der Waals surface area contributed by atoms with Gasteiger partial charge in [-0.3, -0.25) is 4.79 Å². The van der Waals surface area contributed by atoms with Crippen molar-refractivity contribution in [3.05, 3.63) is 37.3 Å². The number of fused-ring (bicyclic) bond motifs is 2. The number of likely N-dealkylation sites (tertiary alicyclic amines) is 1. The first kappa shape index (κ1) is 15.4. The molecule has 0 spiro atoms. The summed E-state index contributed by atoms with van der Waals surface area (Å²) < 4.78 is 1.87. The van der Waals surface area contributed by atoms with Crippen LogP contribution in [-0.2, 0) is 4.79 Å². The molecule has 26 heavy (non-hydrogen) atoms. The standard InChI is InChI=1S/C18H21N7O/c1-12(23-5-4-19-11-23)18(26)25-8-13-6-24(7-14(13)9-25)17-15-2-3-20-16(15)21-10-22-17/h2-5,10-14H,6-9H2,1H3,(H,20,21,22)/t12?,13-,14+. The van der Waals surface area contributed by atoms with Crippen LogP contribution in [0, 0.1) is 11.8 Å². The van der Waals surface area contributed by atoms with Crippen molar-refractivity contribution in [2.45, 2.75) is 13.0 Å². The van der Waals surface area contributed by atoms with E-state index in [1.54, 1.807) is 18.9 Å². The van der Waals surface area contributed by atoms with Gasteiger partial charge in [-0.05, 0) is 13.0 Å². The molecule has 3 aromatic heterocycles. The van der Waals surface area contributed by atoms with E-state index in [0.29, 0.717) is 11.8 Å². The highest BCUT2D eigenvalue weighted by Gasteiger charge is 2.43. The van der Waals surface area contributed by atoms with E-state index in [-0.39, 0.29) is 11.9 Å². The van der Waals surface area contributed by atoms with E-state index < -0.39 is 0 Å². The van der Waals surface area contributed by atoms with Crippen molar-refractivity contribution < 1.29 is 4.79 Å². The average Bonchev–Trinajstić information content (AvgIpc) is 3.42. The molecule has 0 bridgehead atoms. The Morgan fingerprint density at radius 3 is 2.77 bits per heavy atom. The van der Waals surface area contributed by atoms with E-state index in [2.05, 4.69) is 24.8 Å². The van der Waals surface area contributed by atoms with Crippen LogP contribution in [0.25, 0.3) is 11.0 Å². The van der Waals surface area contributed by atoms with Crippen molar-refractivity contribution in [1.29, 1.82) is 0 Å². The lowest BCUT2D eigenvalue weighted by Crippen LogP contribution is -2.37. The Morgan fingerprint density at radius 2 is 2.04 bits per heavy atom. The van der Waals surface area contributed by atoms with Crippen molar-refractivity contribution in [1.82, 2.24) is 29.4 Å². The van der Waals surface area contributed by atoms with Crippen LogP contribution in [0.5, 0.6) is 0 Å². The third-order valence-corrected chi connectivity index (χ3v) is 5.76. The summed E-state index contributed by atoms with van der Waals surface area (Å²) in [6.45, 7) is 5.45. The monoisotopic (exact) mass is 351 g/mol. The summed E-state index contributed by atoms with van der Waals surface area (Å²) in [5.74, 6) is 2.17. The number of H-pyrrole nitrogens is 1. The number of nitrogens with zero attached hydrogens (tertiary/aromatic N) is 6. The molecule has 0 radical (unpaired) electrons. The highest BCUT2D eigenvalue weighted by atomic mass is 16.2. The molecule has 0 aliphatic carbocycles. The van der Waals surface area contributed by atoms with Gasteiger partial charge in [-0.25, -0.2) is 15.0 Å². The van der Waals surface area contributed by atoms with E-state index in [4.69, 9.17) is 0 Å². The summed E-state index contributed by atoms with van der Waals surface area (Å²) in [7, 11) is 0. The zero-order valence-electron chi connectivity index (χ0n) is 14.6. The molecule has 2 aliphatic rings. The summed E-state index contributed by atoms with van der Waals surface area (Å²) in [6.07, 6.45) is 8.78. The molecule has 134 valence electrons. The first-order valence-electron chi connectivity index (χ1n) is 9.00. The largest absolute Gasteiger partial charge is 0.355 e. The third-order valence-electron chi connectivity index (χ3n) is 5.76. The van der Waals surface area contributed by atoms with Crippen molar-refractivity contribution in [3.8, 4) is 0 Å². The number of rotatable bonds is 3. The van der Waals surface area contributed by atoms with Gasteiger partial charge in [-0.1, -0.05) is 0 Å². The number of amides is 1. The summed E-state index contributed by atoms with van der Waals surface area (Å²) in [6, 6.07) is 1.83. The number of anilines is 1. The van der Waals surface area contributed by atoms with Crippen LogP contribution in [0.1, 0.15) is 13.0 Å². The summed E-state index contributed by atoms with van der Waals surface area (Å²) in [4.78, 5) is 33.1. The molecular formula is C18H21N7O. The number of aromatic nitrogens is 5. The van der Waals surface area contributed by atoms with Crippen LogP contribution in [-0.4, -0.2) is 61.5 Å². The second-order valence-electron chi connectivity index (χ2n) is 7.29. The maximum atomic E-state index is 12.8. The number of aromatic amines is 1. The lowest BCUT2D eigenvalue weighted by Gasteiger charge is -2.25. The molecule has 1 N–H and O–H groups in total. The first-order chi connectivity index (χ1) is 12.7. The number of imidazole rings is 1. The van der Waals surface area contributed by atoms with Crippen LogP contribution in [0.4, 0.5) is 5.82 Å². The average molecular weight is 351 g/mol. The van der Waals surface area contributed by atoms with Crippen LogP contribution in [0.15, 0.2) is 37.3 Å². The fraction of sp³-hybridized carbons (Fsp3) is 0.444. The minimum absolute atomic E-state index is 0.180. The fourth-order valence-corrected chi connectivity index (χ4v) is 4.35. The highest BCUT2D eigenvalue weighted by molar-refractivity contribution is 5.87. The molecule has 1 unspecified atom stereocenters. The Labute approximate surface area is 150 Å². The van der Waals surface area contributed by atoms with Crippen LogP contribution in [0.3, 0.4) is 0 Å². The maximum absolute atomic E-state index is 12.8. The maximum Gasteiger partial charge on any atom is 0.245 e. The van der Waals surface area contributed by atoms with E-state index >= 15 is 0 Å². The predicted molar refractivity (Wildman–Crippen MR) is 96.6 cm³/mol. The van der Waals surface area contributed by atoms with Gasteiger partial charge in [0, 0.05) is 56.6 Å². The summed E-state index contributed by atoms with van der Waals surface area (Å²) in [5, 5.41) is 1.06. The predicted octanol–water partition coefficient (Wildman–Crippen LogP) is 1.31. The molecule has 2 saturated heterocycles. The topological polar surface area (TPSA) is 82.9 Å². The van der Waals surface area contributed by atoms with Gasteiger partial charge in [-0.15, -0.1) is 0 Å². The summed E-state index contributed by atoms with van der Waals surface area (Å²) in [5.41, 5.74) is 0.873. The van der Waals surface area contributed by atoms with E-state index in [0.717, 1.165) is 43.0 Å². The molecule has 8 heteroatoms. The molecule has 5 heterocycles. The Bertz CT molecular complexity index is 920. The number of hydrogen-bond donors (Lipinski definition) is 1. The number of nitrogens with one attached hydrogen (secondary N) is 1. The van der Waals surface area contributed by atoms with Crippen LogP contribution in [0.2, 0.25) is 0 Å². The SMILES string of the molecule is CC(C(=O)N1C[C@@H]2CN(c3ncnc4[nH]ccc34)C[C@@H]2C1)n1ccnc1. The molecule has 2 fully saturated rings. The van der Waals surface area contributed by atoms with Crippen LogP contribution >= 0.6 is 0 Å². The Kier molecular flexibility index (Phi) is 3.44. The molecular weight excluding hydrogens is 330 g/mol. The summed E-state index contributed by atoms with van der Waals surface area (Å²) >= 11 is 0. The normalized spacial score (nSPS) is 23.6. The van der Waals surface area contributed by atoms with Gasteiger partial charge in [-0.2, -0.15) is 0 Å². The van der Waals surface area contributed by atoms with Gasteiger partial charge >= 0.3 is 0 Å². The van der Waals surface area contributed by atoms with Crippen molar-refractivity contribution >= 4 is 22.8 Å². The molecule has 0 saturated carbocycles. The molecule has 5 rings (SSSR count). The Hall–Kier alpha value is -2.90. The third kappa shape index (κ3) is 2.36. The van der Waals surface area contributed by atoms with Gasteiger partial charge in [0.15, 0.2) is 0 Å². The van der Waals surface area contributed by atoms with Crippen LogP contribution < -0.4 is 4.90 Å². The number of hydrogen-bond acceptors (Lipinski definition) is 5. The van der Waals surface area contributed by atoms with Gasteiger partial charge < -0.3 is 19.4 Å². The van der Waals surface area contributed by atoms with E-state index in [9.17, 15) is 4.79 Å². The minimum atomic E-state index is -0.200. The molecule has 1 amide bonds. The lowest BCUT2D eigenvalue weighted by atomic mass is 10.0. The van der Waals surface area contributed by atoms with Gasteiger partial charge in [0.2, 0.25) is 5.91 Å². The second kappa shape index (κ2) is 5.82. The molecule has 0 aromatic carbocycles. The fourth-order valence-electron chi connectivity index (χ4n) is 4.35. The minimum Gasteiger partial charge on any atom is -0.355 e. The lowest BCUT2D eigenvalue weighted by molar-refractivity contribution is -0.133. The van der Waals surface area contributed by atoms with Gasteiger partial charge in [0.25, 0.3) is 0 Å². The Morgan fingerprint density at radius 1 is 1.23 bits per heavy atom. The van der Waals surface area contributed by atoms with Gasteiger partial charge in [0.1, 0.15) is 23.8 Å². The second-order valence-corrected chi connectivity index (χ2v) is 7.29. The van der Waals surface area contributed by atoms with Crippen molar-refractivity contribution in [2.24, 2.45) is 11.8 Å². The zero-order valence-corrected chi connectivity index (χ0v) is 14.6. The number of carbonyl (C=O) groups is 1. The van der Waals surface area contributed by atoms with E-state index in [1.165, 1.54) is 0 Å². The zero-order chi connectivity index (χ0) is 17.7. The van der Waals surface area contributed by atoms with Crippen molar-refractivity contribution in [2.75, 3.05) is 31.1 Å². The van der Waals surface area contributed by atoms with E-state index in [1.807, 2.05) is 34.9 Å². The number of carbonyl (C=O) groups excluding carboxylic acids is 1. The highest BCUT2D eigenvalue weighted by Crippen LogP contribution is 2.36. The van der Waals surface area contributed by atoms with Crippen molar-refractivity contribution in [3.63, 3.8) is 0 Å². The first-order valence-corrected chi connectivity index (χ1v) is 9.00. The smallest absolute Gasteiger partial charge is 0.245 e. The Balaban J connectivity index is 1.29. The molecule has 3 atom stereocenters. The molecule has 2 aliphatic heterocycles. The van der Waals surface area contributed by atoms with Gasteiger partial charge in [0.05, 0.1) is 11.7 Å². The molecule has 3 aromatic rings. The molecule has 8 nitrogen and oxygen atoms in total.